The summed E-state index contributed by atoms with van der Waals surface area (Å²) in [6.45, 7) is 0.187. The van der Waals surface area contributed by atoms with Crippen LogP contribution in [0.15, 0.2) is 18.2 Å². The molecule has 0 spiro atoms. The third-order valence-corrected chi connectivity index (χ3v) is 5.08. The van der Waals surface area contributed by atoms with E-state index >= 15 is 0 Å². The highest BCUT2D eigenvalue weighted by atomic mass is 19.1. The van der Waals surface area contributed by atoms with Crippen molar-refractivity contribution in [3.63, 3.8) is 0 Å². The van der Waals surface area contributed by atoms with E-state index in [2.05, 4.69) is 16.0 Å². The van der Waals surface area contributed by atoms with Crippen LogP contribution in [-0.2, 0) is 20.9 Å². The Kier molecular flexibility index (Phi) is 4.29. The number of piperidine rings is 1. The standard InChI is InChI=1S/C18H19FN4O4/c19-11-6-13(11)21-16(25)7-20-12-3-1-2-9-10(12)8-23(18(9)27)14-4-5-15(24)22-17(14)26/h1-3,11,13-14,20H,4-8H2,(H,21,25)(H,22,24,26)/t11-,13+,14?/m1/s1. The zero-order chi connectivity index (χ0) is 19.1. The molecule has 27 heavy (non-hydrogen) atoms. The summed E-state index contributed by atoms with van der Waals surface area (Å²) in [5.41, 5.74) is 1.80. The minimum absolute atomic E-state index is 0.0354. The highest BCUT2D eigenvalue weighted by Gasteiger charge is 2.40. The lowest BCUT2D eigenvalue weighted by molar-refractivity contribution is -0.137. The molecule has 3 atom stereocenters. The quantitative estimate of drug-likeness (QED) is 0.633. The van der Waals surface area contributed by atoms with Crippen molar-refractivity contribution in [2.75, 3.05) is 11.9 Å². The van der Waals surface area contributed by atoms with Crippen LogP contribution in [0.1, 0.15) is 35.2 Å². The van der Waals surface area contributed by atoms with Crippen LogP contribution in [0.3, 0.4) is 0 Å². The molecular weight excluding hydrogens is 355 g/mol. The molecular formula is C18H19FN4O4. The molecule has 1 aliphatic carbocycles. The molecule has 1 aromatic rings. The van der Waals surface area contributed by atoms with E-state index in [0.29, 0.717) is 29.7 Å². The van der Waals surface area contributed by atoms with Crippen LogP contribution in [-0.4, -0.2) is 53.3 Å². The van der Waals surface area contributed by atoms with Crippen molar-refractivity contribution in [1.29, 1.82) is 0 Å². The van der Waals surface area contributed by atoms with E-state index in [1.807, 2.05) is 0 Å². The highest BCUT2D eigenvalue weighted by Crippen LogP contribution is 2.32. The van der Waals surface area contributed by atoms with Gasteiger partial charge in [-0.15, -0.1) is 0 Å². The molecule has 2 aliphatic heterocycles. The zero-order valence-electron chi connectivity index (χ0n) is 14.5. The average Bonchev–Trinajstić information content (AvgIpc) is 3.21. The molecule has 3 aliphatic rings. The number of rotatable bonds is 5. The van der Waals surface area contributed by atoms with Crippen molar-refractivity contribution in [3.8, 4) is 0 Å². The van der Waals surface area contributed by atoms with E-state index in [1.54, 1.807) is 18.2 Å². The molecule has 0 radical (unpaired) electrons. The smallest absolute Gasteiger partial charge is 0.255 e. The highest BCUT2D eigenvalue weighted by molar-refractivity contribution is 6.06. The second-order valence-corrected chi connectivity index (χ2v) is 7.01. The van der Waals surface area contributed by atoms with Gasteiger partial charge in [0.1, 0.15) is 12.2 Å². The Hall–Kier alpha value is -2.97. The minimum atomic E-state index is -0.963. The Morgan fingerprint density at radius 3 is 2.78 bits per heavy atom. The number of amides is 4. The summed E-state index contributed by atoms with van der Waals surface area (Å²) in [7, 11) is 0. The first-order chi connectivity index (χ1) is 12.9. The van der Waals surface area contributed by atoms with E-state index in [9.17, 15) is 23.6 Å². The number of fused-ring (bicyclic) bond motifs is 1. The van der Waals surface area contributed by atoms with Gasteiger partial charge >= 0.3 is 0 Å². The van der Waals surface area contributed by atoms with Gasteiger partial charge < -0.3 is 15.5 Å². The van der Waals surface area contributed by atoms with E-state index in [4.69, 9.17) is 0 Å². The van der Waals surface area contributed by atoms with Crippen LogP contribution in [0.25, 0.3) is 0 Å². The van der Waals surface area contributed by atoms with Gasteiger partial charge in [0.25, 0.3) is 5.91 Å². The second-order valence-electron chi connectivity index (χ2n) is 7.01. The number of hydrogen-bond acceptors (Lipinski definition) is 5. The molecule has 142 valence electrons. The molecule has 1 unspecified atom stereocenters. The van der Waals surface area contributed by atoms with Gasteiger partial charge in [-0.3, -0.25) is 24.5 Å². The maximum absolute atomic E-state index is 12.9. The first-order valence-electron chi connectivity index (χ1n) is 8.88. The molecule has 1 saturated heterocycles. The summed E-state index contributed by atoms with van der Waals surface area (Å²) in [5.74, 6) is -1.39. The molecule has 0 bridgehead atoms. The van der Waals surface area contributed by atoms with Gasteiger partial charge in [-0.1, -0.05) is 6.07 Å². The lowest BCUT2D eigenvalue weighted by Gasteiger charge is -2.29. The number of halogens is 1. The first kappa shape index (κ1) is 17.4. The molecule has 1 saturated carbocycles. The number of alkyl halides is 1. The third-order valence-electron chi connectivity index (χ3n) is 5.08. The van der Waals surface area contributed by atoms with Crippen molar-refractivity contribution in [2.24, 2.45) is 0 Å². The van der Waals surface area contributed by atoms with Crippen LogP contribution in [0, 0.1) is 0 Å². The summed E-state index contributed by atoms with van der Waals surface area (Å²) in [4.78, 5) is 49.5. The van der Waals surface area contributed by atoms with Crippen LogP contribution < -0.4 is 16.0 Å². The summed E-state index contributed by atoms with van der Waals surface area (Å²) < 4.78 is 12.9. The lowest BCUT2D eigenvalue weighted by atomic mass is 10.0. The average molecular weight is 374 g/mol. The van der Waals surface area contributed by atoms with Crippen LogP contribution >= 0.6 is 0 Å². The summed E-state index contributed by atoms with van der Waals surface area (Å²) in [6.07, 6.45) is -0.128. The predicted molar refractivity (Wildman–Crippen MR) is 92.4 cm³/mol. The molecule has 9 heteroatoms. The van der Waals surface area contributed by atoms with Gasteiger partial charge in [-0.05, 0) is 18.6 Å². The fourth-order valence-electron chi connectivity index (χ4n) is 3.50. The predicted octanol–water partition coefficient (Wildman–Crippen LogP) is 0.0861. The fraction of sp³-hybridized carbons (Fsp3) is 0.444. The Morgan fingerprint density at radius 2 is 2.07 bits per heavy atom. The molecule has 8 nitrogen and oxygen atoms in total. The Balaban J connectivity index is 1.45. The topological polar surface area (TPSA) is 108 Å². The van der Waals surface area contributed by atoms with Crippen molar-refractivity contribution in [2.45, 2.75) is 44.1 Å². The van der Waals surface area contributed by atoms with Gasteiger partial charge in [0.05, 0.1) is 12.6 Å². The molecule has 3 N–H and O–H groups in total. The fourth-order valence-corrected chi connectivity index (χ4v) is 3.50. The van der Waals surface area contributed by atoms with Gasteiger partial charge in [-0.2, -0.15) is 0 Å². The summed E-state index contributed by atoms with van der Waals surface area (Å²) >= 11 is 0. The summed E-state index contributed by atoms with van der Waals surface area (Å²) in [6, 6.07) is 4.04. The number of imide groups is 1. The third kappa shape index (κ3) is 3.36. The van der Waals surface area contributed by atoms with Gasteiger partial charge in [-0.25, -0.2) is 4.39 Å². The van der Waals surface area contributed by atoms with Crippen molar-refractivity contribution >= 4 is 29.3 Å². The largest absolute Gasteiger partial charge is 0.376 e. The molecule has 4 amide bonds. The molecule has 4 rings (SSSR count). The van der Waals surface area contributed by atoms with Crippen LogP contribution in [0.2, 0.25) is 0 Å². The van der Waals surface area contributed by atoms with Crippen LogP contribution in [0.5, 0.6) is 0 Å². The minimum Gasteiger partial charge on any atom is -0.376 e. The lowest BCUT2D eigenvalue weighted by Crippen LogP contribution is -2.52. The number of carbonyl (C=O) groups is 4. The van der Waals surface area contributed by atoms with E-state index < -0.39 is 24.2 Å². The number of anilines is 1. The van der Waals surface area contributed by atoms with Crippen molar-refractivity contribution in [1.82, 2.24) is 15.5 Å². The normalized spacial score (nSPS) is 26.5. The Morgan fingerprint density at radius 1 is 1.30 bits per heavy atom. The molecule has 1 aromatic carbocycles. The maximum atomic E-state index is 12.9. The zero-order valence-corrected chi connectivity index (χ0v) is 14.5. The van der Waals surface area contributed by atoms with Crippen molar-refractivity contribution < 1.29 is 23.6 Å². The number of carbonyl (C=O) groups excluding carboxylic acids is 4. The monoisotopic (exact) mass is 374 g/mol. The number of nitrogens with one attached hydrogen (secondary N) is 3. The number of hydrogen-bond donors (Lipinski definition) is 3. The van der Waals surface area contributed by atoms with Gasteiger partial charge in [0.2, 0.25) is 17.7 Å². The molecule has 2 heterocycles. The number of nitrogens with zero attached hydrogens (tertiary/aromatic N) is 1. The van der Waals surface area contributed by atoms with E-state index in [1.165, 1.54) is 4.90 Å². The van der Waals surface area contributed by atoms with E-state index in [0.717, 1.165) is 0 Å². The summed E-state index contributed by atoms with van der Waals surface area (Å²) in [5, 5.41) is 7.83. The Bertz CT molecular complexity index is 843. The van der Waals surface area contributed by atoms with Crippen molar-refractivity contribution in [3.05, 3.63) is 29.3 Å². The van der Waals surface area contributed by atoms with E-state index in [-0.39, 0.29) is 37.2 Å². The first-order valence-corrected chi connectivity index (χ1v) is 8.88. The van der Waals surface area contributed by atoms with Gasteiger partial charge in [0, 0.05) is 36.2 Å². The molecule has 2 fully saturated rings. The second kappa shape index (κ2) is 6.64. The van der Waals surface area contributed by atoms with Gasteiger partial charge in [0.15, 0.2) is 0 Å². The SMILES string of the molecule is O=C1CCC(N2Cc3c(NCC(=O)N[C@H]4C[C@H]4F)cccc3C2=O)C(=O)N1. The Labute approximate surface area is 154 Å². The molecule has 0 aromatic heterocycles. The maximum Gasteiger partial charge on any atom is 0.255 e. The number of benzene rings is 1. The van der Waals surface area contributed by atoms with Crippen LogP contribution in [0.4, 0.5) is 10.1 Å².